The number of fused-ring (bicyclic) bond motifs is 2. The van der Waals surface area contributed by atoms with Gasteiger partial charge < -0.3 is 25.0 Å². The first-order chi connectivity index (χ1) is 18.6. The van der Waals surface area contributed by atoms with E-state index in [-0.39, 0.29) is 23.4 Å². The number of aryl methyl sites for hydroxylation is 1. The van der Waals surface area contributed by atoms with Crippen LogP contribution in [0.15, 0.2) is 54.7 Å². The van der Waals surface area contributed by atoms with Crippen LogP contribution in [0, 0.1) is 0 Å². The van der Waals surface area contributed by atoms with E-state index < -0.39 is 0 Å². The second-order valence-electron chi connectivity index (χ2n) is 11.2. The van der Waals surface area contributed by atoms with E-state index in [0.29, 0.717) is 12.0 Å². The highest BCUT2D eigenvalue weighted by Crippen LogP contribution is 2.42. The molecule has 1 saturated carbocycles. The summed E-state index contributed by atoms with van der Waals surface area (Å²) in [6, 6.07) is 16.4. The molecule has 0 bridgehead atoms. The van der Waals surface area contributed by atoms with Crippen LogP contribution in [0.3, 0.4) is 0 Å². The Hall–Kier alpha value is -3.32. The van der Waals surface area contributed by atoms with Crippen LogP contribution in [-0.2, 0) is 11.2 Å². The molecule has 7 heteroatoms. The Balaban J connectivity index is 1.07. The maximum atomic E-state index is 13.4. The van der Waals surface area contributed by atoms with Crippen LogP contribution in [0.2, 0.25) is 0 Å². The van der Waals surface area contributed by atoms with Crippen molar-refractivity contribution in [3.8, 4) is 0 Å². The van der Waals surface area contributed by atoms with E-state index in [1.807, 2.05) is 30.5 Å². The smallest absolute Gasteiger partial charge is 0.251 e. The van der Waals surface area contributed by atoms with Crippen LogP contribution < -0.4 is 10.2 Å². The van der Waals surface area contributed by atoms with Gasteiger partial charge in [0, 0.05) is 67.5 Å². The average molecular weight is 514 g/mol. The van der Waals surface area contributed by atoms with E-state index in [0.717, 1.165) is 76.9 Å². The third kappa shape index (κ3) is 4.68. The van der Waals surface area contributed by atoms with Crippen molar-refractivity contribution >= 4 is 28.4 Å². The second kappa shape index (κ2) is 10.4. The van der Waals surface area contributed by atoms with Crippen LogP contribution in [0.5, 0.6) is 0 Å². The normalized spacial score (nSPS) is 23.7. The van der Waals surface area contributed by atoms with Gasteiger partial charge in [0.1, 0.15) is 0 Å². The minimum Gasteiger partial charge on any atom is -0.369 e. The van der Waals surface area contributed by atoms with Crippen molar-refractivity contribution < 1.29 is 9.59 Å². The predicted molar refractivity (Wildman–Crippen MR) is 152 cm³/mol. The summed E-state index contributed by atoms with van der Waals surface area (Å²) in [5.41, 5.74) is 3.88. The van der Waals surface area contributed by atoms with Crippen LogP contribution in [0.1, 0.15) is 54.9 Å². The van der Waals surface area contributed by atoms with Gasteiger partial charge >= 0.3 is 0 Å². The Morgan fingerprint density at radius 1 is 1.00 bits per heavy atom. The Labute approximate surface area is 225 Å². The number of benzene rings is 2. The zero-order valence-corrected chi connectivity index (χ0v) is 22.4. The van der Waals surface area contributed by atoms with Gasteiger partial charge in [-0.2, -0.15) is 0 Å². The number of likely N-dealkylation sites (N-methyl/N-ethyl adjacent to an activating group) is 1. The summed E-state index contributed by atoms with van der Waals surface area (Å²) in [5.74, 6) is 0.179. The molecular formula is C31H39N5O2. The number of aromatic nitrogens is 1. The highest BCUT2D eigenvalue weighted by molar-refractivity contribution is 5.95. The molecule has 200 valence electrons. The maximum absolute atomic E-state index is 13.4. The molecule has 3 aromatic rings. The summed E-state index contributed by atoms with van der Waals surface area (Å²) in [7, 11) is 0. The first-order valence-electron chi connectivity index (χ1n) is 14.3. The summed E-state index contributed by atoms with van der Waals surface area (Å²) in [5, 5.41) is 4.60. The fourth-order valence-electron chi connectivity index (χ4n) is 6.95. The first-order valence-corrected chi connectivity index (χ1v) is 14.3. The van der Waals surface area contributed by atoms with Crippen LogP contribution in [0.25, 0.3) is 10.9 Å². The predicted octanol–water partition coefficient (Wildman–Crippen LogP) is 4.20. The summed E-state index contributed by atoms with van der Waals surface area (Å²) in [4.78, 5) is 36.9. The quantitative estimate of drug-likeness (QED) is 0.497. The lowest BCUT2D eigenvalue weighted by Crippen LogP contribution is -2.54. The number of amides is 2. The number of H-pyrrole nitrogens is 1. The number of hydrogen-bond acceptors (Lipinski definition) is 4. The molecule has 3 fully saturated rings. The molecule has 2 N–H and O–H groups in total. The lowest BCUT2D eigenvalue weighted by molar-refractivity contribution is -0.132. The lowest BCUT2D eigenvalue weighted by Gasteiger charge is -2.35. The molecule has 2 atom stereocenters. The molecule has 1 aromatic heterocycles. The van der Waals surface area contributed by atoms with E-state index in [1.54, 1.807) is 0 Å². The van der Waals surface area contributed by atoms with Crippen LogP contribution in [-0.4, -0.2) is 77.4 Å². The van der Waals surface area contributed by atoms with Crippen molar-refractivity contribution in [3.63, 3.8) is 0 Å². The molecular weight excluding hydrogens is 474 g/mol. The number of carbonyl (C=O) groups is 2. The largest absolute Gasteiger partial charge is 0.369 e. The number of rotatable bonds is 7. The third-order valence-electron chi connectivity index (χ3n) is 9.19. The van der Waals surface area contributed by atoms with Crippen molar-refractivity contribution in [2.24, 2.45) is 0 Å². The van der Waals surface area contributed by atoms with Gasteiger partial charge in [0.15, 0.2) is 0 Å². The number of carbonyl (C=O) groups excluding carboxylic acids is 2. The van der Waals surface area contributed by atoms with Gasteiger partial charge in [-0.15, -0.1) is 0 Å². The van der Waals surface area contributed by atoms with E-state index in [1.165, 1.54) is 16.6 Å². The third-order valence-corrected chi connectivity index (χ3v) is 9.19. The van der Waals surface area contributed by atoms with Crippen molar-refractivity contribution in [1.82, 2.24) is 20.1 Å². The molecule has 3 aliphatic rings. The fourth-order valence-corrected chi connectivity index (χ4v) is 6.95. The molecule has 7 nitrogen and oxygen atoms in total. The first kappa shape index (κ1) is 25.0. The second-order valence-corrected chi connectivity index (χ2v) is 11.2. The number of nitrogens with one attached hydrogen (secondary N) is 2. The number of nitrogens with zero attached hydrogens (tertiary/aromatic N) is 3. The van der Waals surface area contributed by atoms with Crippen molar-refractivity contribution in [1.29, 1.82) is 0 Å². The molecule has 2 saturated heterocycles. The molecule has 3 heterocycles. The van der Waals surface area contributed by atoms with Crippen molar-refractivity contribution in [2.75, 3.05) is 44.2 Å². The van der Waals surface area contributed by atoms with E-state index in [4.69, 9.17) is 0 Å². The van der Waals surface area contributed by atoms with Gasteiger partial charge in [-0.05, 0) is 74.5 Å². The maximum Gasteiger partial charge on any atom is 0.251 e. The highest BCUT2D eigenvalue weighted by atomic mass is 16.2. The highest BCUT2D eigenvalue weighted by Gasteiger charge is 2.52. The number of anilines is 1. The fraction of sp³-hybridized carbons (Fsp3) is 0.484. The number of para-hydroxylation sites is 1. The summed E-state index contributed by atoms with van der Waals surface area (Å²) < 4.78 is 0. The molecule has 6 rings (SSSR count). The summed E-state index contributed by atoms with van der Waals surface area (Å²) in [6.07, 6.45) is 7.03. The number of hydrogen-bond donors (Lipinski definition) is 2. The van der Waals surface area contributed by atoms with Gasteiger partial charge in [0.25, 0.3) is 5.91 Å². The molecule has 2 aliphatic heterocycles. The molecule has 2 aromatic carbocycles. The van der Waals surface area contributed by atoms with E-state index in [2.05, 4.69) is 56.2 Å². The Bertz CT molecular complexity index is 1290. The minimum atomic E-state index is -0.303. The monoisotopic (exact) mass is 513 g/mol. The van der Waals surface area contributed by atoms with Crippen LogP contribution in [0.4, 0.5) is 5.69 Å². The molecule has 0 unspecified atom stereocenters. The number of likely N-dealkylation sites (tertiary alicyclic amines) is 1. The van der Waals surface area contributed by atoms with Crippen LogP contribution >= 0.6 is 0 Å². The van der Waals surface area contributed by atoms with Crippen molar-refractivity contribution in [3.05, 3.63) is 65.9 Å². The van der Waals surface area contributed by atoms with Gasteiger partial charge in [0.05, 0.1) is 11.6 Å². The molecule has 0 radical (unpaired) electrons. The summed E-state index contributed by atoms with van der Waals surface area (Å²) in [6.45, 7) is 8.24. The van der Waals surface area contributed by atoms with Gasteiger partial charge in [-0.3, -0.25) is 9.59 Å². The zero-order valence-electron chi connectivity index (χ0n) is 22.4. The Morgan fingerprint density at radius 2 is 1.79 bits per heavy atom. The topological polar surface area (TPSA) is 71.7 Å². The zero-order chi connectivity index (χ0) is 26.1. The van der Waals surface area contributed by atoms with E-state index in [9.17, 15) is 9.59 Å². The molecule has 2 amide bonds. The van der Waals surface area contributed by atoms with E-state index >= 15 is 0 Å². The van der Waals surface area contributed by atoms with Gasteiger partial charge in [-0.25, -0.2) is 0 Å². The van der Waals surface area contributed by atoms with Gasteiger partial charge in [0.2, 0.25) is 5.91 Å². The summed E-state index contributed by atoms with van der Waals surface area (Å²) >= 11 is 0. The average Bonchev–Trinajstić information content (AvgIpc) is 3.65. The minimum absolute atomic E-state index is 0.0210. The standard InChI is InChI=1S/C31H39N5O2/c1-2-34-18-20-35(21-19-34)25-12-9-23(10-13-25)30(38)33-31-15-5-8-28(31)36(17-16-31)29(37)14-11-24-22-32-27-7-4-3-6-26(24)27/h3-4,6-7,9-10,12-13,22,28,32H,2,5,8,11,14-21H2,1H3,(H,33,38)/t28-,31+/m0/s1. The molecule has 0 spiro atoms. The molecule has 38 heavy (non-hydrogen) atoms. The number of aromatic amines is 1. The van der Waals surface area contributed by atoms with Crippen molar-refractivity contribution in [2.45, 2.75) is 57.0 Å². The van der Waals surface area contributed by atoms with Gasteiger partial charge in [-0.1, -0.05) is 25.1 Å². The number of piperazine rings is 1. The molecule has 1 aliphatic carbocycles. The lowest BCUT2D eigenvalue weighted by atomic mass is 9.92. The Kier molecular flexibility index (Phi) is 6.87. The SMILES string of the molecule is CCN1CCN(c2ccc(C(=O)N[C@@]34CCC[C@@H]3N(C(=O)CCc3c[nH]c5ccccc35)CC4)cc2)CC1. The Morgan fingerprint density at radius 3 is 2.58 bits per heavy atom.